The van der Waals surface area contributed by atoms with Crippen LogP contribution in [0.2, 0.25) is 0 Å². The van der Waals surface area contributed by atoms with Crippen molar-refractivity contribution in [3.05, 3.63) is 97.0 Å². The topological polar surface area (TPSA) is 68.2 Å². The standard InChI is InChI=1S/C26H19Br2FN2O4S/c1-31-24(32)22(36-26(31)30-19-8-6-17(7-9-19)25(33)34-2)13-16-11-20(27)23(21(28)12-16)35-14-15-4-3-5-18(29)10-15/h3-13H,14H2,1-2H3. The number of aliphatic imine (C=N–C) groups is 1. The van der Waals surface area contributed by atoms with Crippen molar-refractivity contribution < 1.29 is 23.5 Å². The zero-order valence-corrected chi connectivity index (χ0v) is 23.1. The summed E-state index contributed by atoms with van der Waals surface area (Å²) in [5.74, 6) is -0.351. The summed E-state index contributed by atoms with van der Waals surface area (Å²) >= 11 is 8.30. The molecule has 1 aliphatic heterocycles. The molecule has 0 saturated carbocycles. The van der Waals surface area contributed by atoms with Gasteiger partial charge in [-0.1, -0.05) is 12.1 Å². The Morgan fingerprint density at radius 1 is 1.11 bits per heavy atom. The highest BCUT2D eigenvalue weighted by atomic mass is 79.9. The van der Waals surface area contributed by atoms with Crippen LogP contribution in [0.15, 0.2) is 79.5 Å². The maximum Gasteiger partial charge on any atom is 0.337 e. The van der Waals surface area contributed by atoms with E-state index in [1.165, 1.54) is 35.9 Å². The minimum atomic E-state index is -0.426. The Labute approximate surface area is 228 Å². The van der Waals surface area contributed by atoms with Gasteiger partial charge in [-0.2, -0.15) is 0 Å². The molecule has 0 atom stereocenters. The van der Waals surface area contributed by atoms with Crippen LogP contribution in [0.1, 0.15) is 21.5 Å². The minimum absolute atomic E-state index is 0.177. The third kappa shape index (κ3) is 6.05. The molecule has 1 amide bonds. The largest absolute Gasteiger partial charge is 0.487 e. The van der Waals surface area contributed by atoms with E-state index in [0.29, 0.717) is 41.6 Å². The van der Waals surface area contributed by atoms with Crippen molar-refractivity contribution in [1.82, 2.24) is 4.90 Å². The molecule has 0 N–H and O–H groups in total. The highest BCUT2D eigenvalue weighted by Crippen LogP contribution is 2.38. The summed E-state index contributed by atoms with van der Waals surface area (Å²) in [5, 5.41) is 0.519. The molecule has 0 aromatic heterocycles. The third-order valence-electron chi connectivity index (χ3n) is 5.11. The summed E-state index contributed by atoms with van der Waals surface area (Å²) in [5.41, 5.74) is 2.52. The molecule has 4 rings (SSSR count). The van der Waals surface area contributed by atoms with Gasteiger partial charge < -0.3 is 9.47 Å². The molecule has 1 aliphatic rings. The van der Waals surface area contributed by atoms with E-state index in [9.17, 15) is 14.0 Å². The average molecular weight is 634 g/mol. The van der Waals surface area contributed by atoms with Gasteiger partial charge >= 0.3 is 5.97 Å². The van der Waals surface area contributed by atoms with Crippen LogP contribution in [0.25, 0.3) is 6.08 Å². The predicted octanol–water partition coefficient (Wildman–Crippen LogP) is 6.95. The van der Waals surface area contributed by atoms with E-state index in [0.717, 1.165) is 5.56 Å². The van der Waals surface area contributed by atoms with Crippen molar-refractivity contribution in [2.45, 2.75) is 6.61 Å². The van der Waals surface area contributed by atoms with Gasteiger partial charge in [-0.15, -0.1) is 0 Å². The van der Waals surface area contributed by atoms with Gasteiger partial charge in [0.2, 0.25) is 0 Å². The minimum Gasteiger partial charge on any atom is -0.487 e. The van der Waals surface area contributed by atoms with E-state index >= 15 is 0 Å². The molecular formula is C26H19Br2FN2O4S. The molecule has 0 spiro atoms. The molecule has 0 bridgehead atoms. The monoisotopic (exact) mass is 632 g/mol. The van der Waals surface area contributed by atoms with Crippen LogP contribution in [0.4, 0.5) is 10.1 Å². The number of carbonyl (C=O) groups excluding carboxylic acids is 2. The summed E-state index contributed by atoms with van der Waals surface area (Å²) < 4.78 is 25.4. The number of hydrogen-bond donors (Lipinski definition) is 0. The van der Waals surface area contributed by atoms with Crippen LogP contribution < -0.4 is 4.74 Å². The van der Waals surface area contributed by atoms with E-state index < -0.39 is 5.97 Å². The third-order valence-corrected chi connectivity index (χ3v) is 7.35. The first-order valence-electron chi connectivity index (χ1n) is 10.6. The lowest BCUT2D eigenvalue weighted by Gasteiger charge is -2.12. The molecule has 0 unspecified atom stereocenters. The molecule has 0 radical (unpaired) electrons. The number of methoxy groups -OCH3 is 1. The summed E-state index contributed by atoms with van der Waals surface area (Å²) in [4.78, 5) is 31.0. The fourth-order valence-electron chi connectivity index (χ4n) is 3.29. The quantitative estimate of drug-likeness (QED) is 0.217. The number of nitrogens with zero attached hydrogens (tertiary/aromatic N) is 2. The maximum absolute atomic E-state index is 13.4. The summed E-state index contributed by atoms with van der Waals surface area (Å²) in [6.07, 6.45) is 1.78. The predicted molar refractivity (Wildman–Crippen MR) is 146 cm³/mol. The average Bonchev–Trinajstić information content (AvgIpc) is 3.11. The summed E-state index contributed by atoms with van der Waals surface area (Å²) in [6, 6.07) is 16.5. The van der Waals surface area contributed by atoms with Crippen molar-refractivity contribution in [2.75, 3.05) is 14.2 Å². The summed E-state index contributed by atoms with van der Waals surface area (Å²) in [7, 11) is 2.98. The zero-order valence-electron chi connectivity index (χ0n) is 19.1. The van der Waals surface area contributed by atoms with Crippen molar-refractivity contribution >= 4 is 72.4 Å². The lowest BCUT2D eigenvalue weighted by Crippen LogP contribution is -2.23. The number of ether oxygens (including phenoxy) is 2. The van der Waals surface area contributed by atoms with Gasteiger partial charge in [0.15, 0.2) is 5.17 Å². The van der Waals surface area contributed by atoms with Crippen molar-refractivity contribution in [2.24, 2.45) is 4.99 Å². The van der Waals surface area contributed by atoms with Crippen LogP contribution in [-0.4, -0.2) is 36.1 Å². The van der Waals surface area contributed by atoms with E-state index in [4.69, 9.17) is 9.47 Å². The lowest BCUT2D eigenvalue weighted by molar-refractivity contribution is -0.121. The molecule has 10 heteroatoms. The number of likely N-dealkylation sites (N-methyl/N-ethyl adjacent to an activating group) is 1. The SMILES string of the molecule is COC(=O)c1ccc(N=C2SC(=Cc3cc(Br)c(OCc4cccc(F)c4)c(Br)c3)C(=O)N2C)cc1. The number of amidine groups is 1. The number of carbonyl (C=O) groups is 2. The molecule has 6 nitrogen and oxygen atoms in total. The van der Waals surface area contributed by atoms with Crippen LogP contribution in [-0.2, 0) is 16.1 Å². The Balaban J connectivity index is 1.51. The maximum atomic E-state index is 13.4. The number of amides is 1. The Bertz CT molecular complexity index is 1370. The van der Waals surface area contributed by atoms with Crippen LogP contribution in [0.3, 0.4) is 0 Å². The Kier molecular flexibility index (Phi) is 8.28. The van der Waals surface area contributed by atoms with Gasteiger partial charge in [-0.25, -0.2) is 14.2 Å². The van der Waals surface area contributed by atoms with Crippen molar-refractivity contribution in [3.8, 4) is 5.75 Å². The van der Waals surface area contributed by atoms with E-state index in [1.54, 1.807) is 49.5 Å². The van der Waals surface area contributed by atoms with Crippen LogP contribution in [0.5, 0.6) is 5.75 Å². The number of rotatable bonds is 6. The fourth-order valence-corrected chi connectivity index (χ4v) is 5.72. The van der Waals surface area contributed by atoms with Gasteiger partial charge in [0.1, 0.15) is 18.2 Å². The summed E-state index contributed by atoms with van der Waals surface area (Å²) in [6.45, 7) is 0.203. The van der Waals surface area contributed by atoms with E-state index in [1.807, 2.05) is 12.1 Å². The molecule has 36 heavy (non-hydrogen) atoms. The number of benzene rings is 3. The first kappa shape index (κ1) is 26.1. The van der Waals surface area contributed by atoms with E-state index in [2.05, 4.69) is 36.9 Å². The molecule has 3 aromatic carbocycles. The van der Waals surface area contributed by atoms with E-state index in [-0.39, 0.29) is 18.3 Å². The van der Waals surface area contributed by atoms with Gasteiger partial charge in [-0.05, 0) is 109 Å². The normalized spacial score (nSPS) is 15.6. The molecule has 184 valence electrons. The second-order valence-electron chi connectivity index (χ2n) is 7.64. The first-order valence-corrected chi connectivity index (χ1v) is 13.0. The van der Waals surface area contributed by atoms with Crippen molar-refractivity contribution in [1.29, 1.82) is 0 Å². The van der Waals surface area contributed by atoms with Crippen LogP contribution >= 0.6 is 43.6 Å². The highest BCUT2D eigenvalue weighted by molar-refractivity contribution is 9.11. The van der Waals surface area contributed by atoms with Gasteiger partial charge in [-0.3, -0.25) is 9.69 Å². The second-order valence-corrected chi connectivity index (χ2v) is 10.4. The first-order chi connectivity index (χ1) is 17.2. The molecular weight excluding hydrogens is 615 g/mol. The number of esters is 1. The Hall–Kier alpha value is -2.95. The van der Waals surface area contributed by atoms with Crippen LogP contribution in [0, 0.1) is 5.82 Å². The molecule has 3 aromatic rings. The van der Waals surface area contributed by atoms with Gasteiger partial charge in [0.25, 0.3) is 5.91 Å². The molecule has 0 aliphatic carbocycles. The molecule has 1 saturated heterocycles. The van der Waals surface area contributed by atoms with Gasteiger partial charge in [0.05, 0.1) is 32.2 Å². The lowest BCUT2D eigenvalue weighted by atomic mass is 10.2. The molecule has 1 heterocycles. The Morgan fingerprint density at radius 2 is 1.81 bits per heavy atom. The zero-order chi connectivity index (χ0) is 25.8. The smallest absolute Gasteiger partial charge is 0.337 e. The number of thioether (sulfide) groups is 1. The number of hydrogen-bond acceptors (Lipinski definition) is 6. The number of halogens is 3. The van der Waals surface area contributed by atoms with Gasteiger partial charge in [0, 0.05) is 7.05 Å². The van der Waals surface area contributed by atoms with Crippen molar-refractivity contribution in [3.63, 3.8) is 0 Å². The second kappa shape index (κ2) is 11.4. The molecule has 1 fully saturated rings. The highest BCUT2D eigenvalue weighted by Gasteiger charge is 2.30. The fraction of sp³-hybridized carbons (Fsp3) is 0.115. The Morgan fingerprint density at radius 3 is 2.44 bits per heavy atom.